The fourth-order valence-electron chi connectivity index (χ4n) is 2.35. The average molecular weight is 361 g/mol. The molecule has 0 radical (unpaired) electrons. The molecule has 2 rings (SSSR count). The number of hydrogen-bond donors (Lipinski definition) is 1. The van der Waals surface area contributed by atoms with Crippen LogP contribution in [0.15, 0.2) is 48.5 Å². The van der Waals surface area contributed by atoms with Gasteiger partial charge in [-0.15, -0.1) is 0 Å². The molecule has 5 nitrogen and oxygen atoms in total. The van der Waals surface area contributed by atoms with Crippen molar-refractivity contribution in [2.75, 3.05) is 6.26 Å². The first-order valence-corrected chi connectivity index (χ1v) is 10.1. The van der Waals surface area contributed by atoms with Crippen molar-refractivity contribution in [3.8, 4) is 5.75 Å². The van der Waals surface area contributed by atoms with Gasteiger partial charge in [0.15, 0.2) is 9.84 Å². The number of rotatable bonds is 7. The lowest BCUT2D eigenvalue weighted by Gasteiger charge is -2.11. The van der Waals surface area contributed by atoms with Crippen molar-refractivity contribution in [3.63, 3.8) is 0 Å². The van der Waals surface area contributed by atoms with Gasteiger partial charge in [-0.3, -0.25) is 4.79 Å². The Bertz CT molecular complexity index is 827. The van der Waals surface area contributed by atoms with Crippen LogP contribution in [0.4, 0.5) is 0 Å². The zero-order chi connectivity index (χ0) is 18.4. The molecule has 0 heterocycles. The second-order valence-corrected chi connectivity index (χ2v) is 8.40. The molecule has 0 aliphatic carbocycles. The van der Waals surface area contributed by atoms with E-state index in [0.29, 0.717) is 17.7 Å². The van der Waals surface area contributed by atoms with E-state index in [4.69, 9.17) is 4.74 Å². The Balaban J connectivity index is 1.97. The first-order valence-electron chi connectivity index (χ1n) is 8.03. The van der Waals surface area contributed by atoms with Gasteiger partial charge in [-0.25, -0.2) is 8.42 Å². The van der Waals surface area contributed by atoms with E-state index in [1.807, 2.05) is 38.1 Å². The van der Waals surface area contributed by atoms with Crippen molar-refractivity contribution in [2.24, 2.45) is 0 Å². The summed E-state index contributed by atoms with van der Waals surface area (Å²) in [6.45, 7) is 4.31. The number of benzene rings is 2. The second kappa shape index (κ2) is 8.16. The molecule has 0 aliphatic rings. The van der Waals surface area contributed by atoms with Crippen LogP contribution in [0.25, 0.3) is 0 Å². The molecule has 0 atom stereocenters. The normalized spacial score (nSPS) is 11.4. The molecule has 0 aromatic heterocycles. The van der Waals surface area contributed by atoms with Gasteiger partial charge in [0.2, 0.25) is 0 Å². The smallest absolute Gasteiger partial charge is 0.251 e. The highest BCUT2D eigenvalue weighted by Gasteiger charge is 2.09. The fourth-order valence-corrected chi connectivity index (χ4v) is 3.13. The van der Waals surface area contributed by atoms with Crippen LogP contribution in [0.3, 0.4) is 0 Å². The Morgan fingerprint density at radius 1 is 1.08 bits per heavy atom. The predicted octanol–water partition coefficient (Wildman–Crippen LogP) is 2.95. The van der Waals surface area contributed by atoms with Gasteiger partial charge in [0, 0.05) is 18.4 Å². The third kappa shape index (κ3) is 6.58. The average Bonchev–Trinajstić information content (AvgIpc) is 2.52. The molecule has 0 spiro atoms. The quantitative estimate of drug-likeness (QED) is 0.823. The number of hydrogen-bond acceptors (Lipinski definition) is 4. The third-order valence-corrected chi connectivity index (χ3v) is 4.22. The van der Waals surface area contributed by atoms with E-state index in [0.717, 1.165) is 11.3 Å². The highest BCUT2D eigenvalue weighted by Crippen LogP contribution is 2.14. The third-order valence-electron chi connectivity index (χ3n) is 3.37. The summed E-state index contributed by atoms with van der Waals surface area (Å²) >= 11 is 0. The summed E-state index contributed by atoms with van der Waals surface area (Å²) in [5.41, 5.74) is 2.00. The van der Waals surface area contributed by atoms with Crippen molar-refractivity contribution < 1.29 is 17.9 Å². The molecule has 0 saturated heterocycles. The van der Waals surface area contributed by atoms with E-state index < -0.39 is 9.84 Å². The van der Waals surface area contributed by atoms with Crippen molar-refractivity contribution in [1.29, 1.82) is 0 Å². The van der Waals surface area contributed by atoms with E-state index in [-0.39, 0.29) is 17.8 Å². The van der Waals surface area contributed by atoms with Gasteiger partial charge in [0.25, 0.3) is 5.91 Å². The summed E-state index contributed by atoms with van der Waals surface area (Å²) in [4.78, 5) is 12.3. The Morgan fingerprint density at radius 3 is 2.36 bits per heavy atom. The molecule has 1 N–H and O–H groups in total. The molecule has 2 aromatic carbocycles. The van der Waals surface area contributed by atoms with E-state index in [1.165, 1.54) is 6.26 Å². The zero-order valence-electron chi connectivity index (χ0n) is 14.7. The highest BCUT2D eigenvalue weighted by atomic mass is 32.2. The van der Waals surface area contributed by atoms with Gasteiger partial charge < -0.3 is 10.1 Å². The summed E-state index contributed by atoms with van der Waals surface area (Å²) in [6.07, 6.45) is 1.29. The monoisotopic (exact) mass is 361 g/mol. The summed E-state index contributed by atoms with van der Waals surface area (Å²) in [5.74, 6) is 0.474. The van der Waals surface area contributed by atoms with Gasteiger partial charge in [0.05, 0.1) is 11.9 Å². The lowest BCUT2D eigenvalue weighted by molar-refractivity contribution is 0.0951. The van der Waals surface area contributed by atoms with E-state index in [9.17, 15) is 13.2 Å². The summed E-state index contributed by atoms with van der Waals surface area (Å²) in [7, 11) is -3.13. The number of carbonyl (C=O) groups excluding carboxylic acids is 1. The van der Waals surface area contributed by atoms with Crippen molar-refractivity contribution >= 4 is 15.7 Å². The minimum Gasteiger partial charge on any atom is -0.491 e. The summed E-state index contributed by atoms with van der Waals surface area (Å²) in [6, 6.07) is 14.2. The minimum atomic E-state index is -3.13. The Morgan fingerprint density at radius 2 is 1.76 bits per heavy atom. The van der Waals surface area contributed by atoms with Crippen LogP contribution in [0, 0.1) is 0 Å². The number of nitrogens with one attached hydrogen (secondary N) is 1. The van der Waals surface area contributed by atoms with Crippen molar-refractivity contribution in [1.82, 2.24) is 5.32 Å². The molecule has 0 aliphatic heterocycles. The highest BCUT2D eigenvalue weighted by molar-refractivity contribution is 7.89. The molecule has 0 bridgehead atoms. The zero-order valence-corrected chi connectivity index (χ0v) is 15.5. The molecule has 0 fully saturated rings. The van der Waals surface area contributed by atoms with Gasteiger partial charge in [-0.05, 0) is 49.2 Å². The maximum Gasteiger partial charge on any atom is 0.251 e. The van der Waals surface area contributed by atoms with E-state index in [2.05, 4.69) is 5.32 Å². The molecule has 0 unspecified atom stereocenters. The topological polar surface area (TPSA) is 72.5 Å². The fraction of sp³-hybridized carbons (Fsp3) is 0.316. The van der Waals surface area contributed by atoms with Gasteiger partial charge in [0.1, 0.15) is 5.75 Å². The number of carbonyl (C=O) groups is 1. The first kappa shape index (κ1) is 19.0. The Kier molecular flexibility index (Phi) is 6.20. The maximum atomic E-state index is 12.3. The van der Waals surface area contributed by atoms with Gasteiger partial charge in [-0.1, -0.05) is 24.3 Å². The Labute approximate surface area is 148 Å². The molecule has 25 heavy (non-hydrogen) atoms. The lowest BCUT2D eigenvalue weighted by atomic mass is 10.1. The SMILES string of the molecule is CC(C)Oc1ccc(CNC(=O)c2cccc(CS(C)(=O)=O)c2)cc1. The molecule has 0 saturated carbocycles. The number of ether oxygens (including phenoxy) is 1. The number of amides is 1. The van der Waals surface area contributed by atoms with Crippen LogP contribution in [0.5, 0.6) is 5.75 Å². The lowest BCUT2D eigenvalue weighted by Crippen LogP contribution is -2.23. The standard InChI is InChI=1S/C19H23NO4S/c1-14(2)24-18-9-7-15(8-10-18)12-20-19(21)17-6-4-5-16(11-17)13-25(3,22)23/h4-11,14H,12-13H2,1-3H3,(H,20,21). The van der Waals surface area contributed by atoms with E-state index >= 15 is 0 Å². The van der Waals surface area contributed by atoms with Crippen LogP contribution in [0.2, 0.25) is 0 Å². The molecular weight excluding hydrogens is 338 g/mol. The van der Waals surface area contributed by atoms with Crippen LogP contribution in [-0.2, 0) is 22.1 Å². The predicted molar refractivity (Wildman–Crippen MR) is 98.4 cm³/mol. The van der Waals surface area contributed by atoms with Crippen molar-refractivity contribution in [2.45, 2.75) is 32.2 Å². The van der Waals surface area contributed by atoms with Crippen LogP contribution >= 0.6 is 0 Å². The largest absolute Gasteiger partial charge is 0.491 e. The van der Waals surface area contributed by atoms with E-state index in [1.54, 1.807) is 24.3 Å². The number of sulfone groups is 1. The Hall–Kier alpha value is -2.34. The molecule has 2 aromatic rings. The molecule has 1 amide bonds. The summed E-state index contributed by atoms with van der Waals surface area (Å²) in [5, 5.41) is 2.84. The minimum absolute atomic E-state index is 0.0779. The van der Waals surface area contributed by atoms with Gasteiger partial charge in [-0.2, -0.15) is 0 Å². The second-order valence-electron chi connectivity index (χ2n) is 6.26. The first-order chi connectivity index (χ1) is 11.7. The van der Waals surface area contributed by atoms with Crippen LogP contribution in [-0.4, -0.2) is 26.7 Å². The van der Waals surface area contributed by atoms with Crippen LogP contribution in [0.1, 0.15) is 35.3 Å². The van der Waals surface area contributed by atoms with Crippen molar-refractivity contribution in [3.05, 3.63) is 65.2 Å². The summed E-state index contributed by atoms with van der Waals surface area (Å²) < 4.78 is 28.3. The molecular formula is C19H23NO4S. The van der Waals surface area contributed by atoms with Crippen LogP contribution < -0.4 is 10.1 Å². The maximum absolute atomic E-state index is 12.3. The molecule has 134 valence electrons. The molecule has 6 heteroatoms. The van der Waals surface area contributed by atoms with Gasteiger partial charge >= 0.3 is 0 Å².